The Morgan fingerprint density at radius 2 is 1.74 bits per heavy atom. The summed E-state index contributed by atoms with van der Waals surface area (Å²) in [4.78, 5) is 38.4. The molecular weight excluding hydrogens is 452 g/mol. The van der Waals surface area contributed by atoms with Crippen LogP contribution in [0.2, 0.25) is 0 Å². The second-order valence-corrected chi connectivity index (χ2v) is 8.87. The molecular formula is C25H24N4O6. The van der Waals surface area contributed by atoms with Crippen LogP contribution in [0.1, 0.15) is 40.9 Å². The van der Waals surface area contributed by atoms with Crippen molar-refractivity contribution in [3.63, 3.8) is 0 Å². The van der Waals surface area contributed by atoms with E-state index in [0.29, 0.717) is 13.0 Å². The Bertz CT molecular complexity index is 1240. The number of carbonyl (C=O) groups excluding carboxylic acids is 2. The Labute approximate surface area is 200 Å². The standard InChI is InChI=1S/C25H24N4O6/c1-14-10-11-29(12-19(14)24(31)32)23(30)21-22(28-35-27-21)26-25(33)34-13-20-17-8-4-2-6-15(17)16-7-3-5-9-18(16)20/h2-9,14,19-20H,10-13H2,1H3,(H,31,32)(H,26,28,33). The van der Waals surface area contributed by atoms with Gasteiger partial charge < -0.3 is 14.7 Å². The second kappa shape index (κ2) is 9.21. The summed E-state index contributed by atoms with van der Waals surface area (Å²) >= 11 is 0. The Morgan fingerprint density at radius 1 is 1.09 bits per heavy atom. The fourth-order valence-corrected chi connectivity index (χ4v) is 4.87. The zero-order valence-corrected chi connectivity index (χ0v) is 19.0. The largest absolute Gasteiger partial charge is 0.481 e. The molecule has 5 rings (SSSR count). The first-order valence-electron chi connectivity index (χ1n) is 11.4. The maximum absolute atomic E-state index is 13.0. The third-order valence-electron chi connectivity index (χ3n) is 6.82. The smallest absolute Gasteiger partial charge is 0.412 e. The Kier molecular flexibility index (Phi) is 5.94. The molecule has 0 bridgehead atoms. The molecule has 35 heavy (non-hydrogen) atoms. The van der Waals surface area contributed by atoms with Gasteiger partial charge in [-0.15, -0.1) is 0 Å². The lowest BCUT2D eigenvalue weighted by Crippen LogP contribution is -2.46. The van der Waals surface area contributed by atoms with Crippen molar-refractivity contribution >= 4 is 23.8 Å². The number of rotatable bonds is 5. The number of nitrogens with one attached hydrogen (secondary N) is 1. The molecule has 1 aliphatic carbocycles. The number of ether oxygens (including phenoxy) is 1. The van der Waals surface area contributed by atoms with Gasteiger partial charge in [-0.25, -0.2) is 9.42 Å². The van der Waals surface area contributed by atoms with Crippen molar-refractivity contribution in [2.45, 2.75) is 19.3 Å². The van der Waals surface area contributed by atoms with Crippen molar-refractivity contribution in [3.8, 4) is 11.1 Å². The molecule has 180 valence electrons. The first-order chi connectivity index (χ1) is 16.9. The van der Waals surface area contributed by atoms with Crippen LogP contribution < -0.4 is 5.32 Å². The highest BCUT2D eigenvalue weighted by molar-refractivity contribution is 5.99. The minimum absolute atomic E-state index is 0.0482. The van der Waals surface area contributed by atoms with Crippen LogP contribution >= 0.6 is 0 Å². The van der Waals surface area contributed by atoms with Crippen molar-refractivity contribution in [1.29, 1.82) is 0 Å². The van der Waals surface area contributed by atoms with E-state index in [1.54, 1.807) is 0 Å². The van der Waals surface area contributed by atoms with Gasteiger partial charge in [0.15, 0.2) is 0 Å². The highest BCUT2D eigenvalue weighted by atomic mass is 16.6. The van der Waals surface area contributed by atoms with Gasteiger partial charge in [0.05, 0.1) is 5.92 Å². The monoisotopic (exact) mass is 476 g/mol. The van der Waals surface area contributed by atoms with Crippen LogP contribution in [0.5, 0.6) is 0 Å². The Morgan fingerprint density at radius 3 is 2.40 bits per heavy atom. The lowest BCUT2D eigenvalue weighted by Gasteiger charge is -2.34. The first-order valence-corrected chi connectivity index (χ1v) is 11.4. The number of benzene rings is 2. The molecule has 1 fully saturated rings. The molecule has 1 aromatic heterocycles. The first kappa shape index (κ1) is 22.6. The molecule has 1 aliphatic heterocycles. The quantitative estimate of drug-likeness (QED) is 0.570. The van der Waals surface area contributed by atoms with Crippen molar-refractivity contribution in [2.75, 3.05) is 25.0 Å². The average Bonchev–Trinajstić information content (AvgIpc) is 3.45. The molecule has 2 amide bonds. The number of aliphatic carboxylic acids is 1. The number of likely N-dealkylation sites (tertiary alicyclic amines) is 1. The minimum atomic E-state index is -0.953. The molecule has 2 heterocycles. The van der Waals surface area contributed by atoms with Gasteiger partial charge in [-0.3, -0.25) is 14.9 Å². The van der Waals surface area contributed by atoms with Crippen LogP contribution in [0.3, 0.4) is 0 Å². The zero-order chi connectivity index (χ0) is 24.5. The van der Waals surface area contributed by atoms with Crippen LogP contribution in [0, 0.1) is 11.8 Å². The predicted octanol–water partition coefficient (Wildman–Crippen LogP) is 3.61. The van der Waals surface area contributed by atoms with Gasteiger partial charge in [-0.05, 0) is 44.9 Å². The number of amides is 2. The third kappa shape index (κ3) is 4.23. The van der Waals surface area contributed by atoms with Gasteiger partial charge in [0.2, 0.25) is 11.5 Å². The zero-order valence-electron chi connectivity index (χ0n) is 19.0. The van der Waals surface area contributed by atoms with E-state index in [9.17, 15) is 19.5 Å². The van der Waals surface area contributed by atoms with Crippen molar-refractivity contribution in [3.05, 3.63) is 65.4 Å². The lowest BCUT2D eigenvalue weighted by atomic mass is 9.87. The summed E-state index contributed by atoms with van der Waals surface area (Å²) in [6.07, 6.45) is -0.254. The highest BCUT2D eigenvalue weighted by Crippen LogP contribution is 2.44. The lowest BCUT2D eigenvalue weighted by molar-refractivity contribution is -0.145. The number of carbonyl (C=O) groups is 3. The number of hydrogen-bond acceptors (Lipinski definition) is 7. The third-order valence-corrected chi connectivity index (χ3v) is 6.82. The van der Waals surface area contributed by atoms with Crippen LogP contribution in [0.25, 0.3) is 11.1 Å². The molecule has 3 aromatic rings. The molecule has 2 atom stereocenters. The van der Waals surface area contributed by atoms with Gasteiger partial charge in [-0.1, -0.05) is 55.5 Å². The maximum atomic E-state index is 13.0. The molecule has 0 saturated carbocycles. The van der Waals surface area contributed by atoms with E-state index in [-0.39, 0.29) is 36.5 Å². The van der Waals surface area contributed by atoms with E-state index in [2.05, 4.69) is 15.6 Å². The number of piperidine rings is 1. The van der Waals surface area contributed by atoms with Crippen molar-refractivity contribution in [2.24, 2.45) is 11.8 Å². The molecule has 10 heteroatoms. The van der Waals surface area contributed by atoms with Crippen LogP contribution in [0.15, 0.2) is 53.2 Å². The summed E-state index contributed by atoms with van der Waals surface area (Å²) < 4.78 is 10.2. The molecule has 2 N–H and O–H groups in total. The number of carboxylic acid groups (broad SMARTS) is 1. The topological polar surface area (TPSA) is 135 Å². The average molecular weight is 476 g/mol. The number of aromatic nitrogens is 2. The minimum Gasteiger partial charge on any atom is -0.481 e. The number of fused-ring (bicyclic) bond motifs is 3. The van der Waals surface area contributed by atoms with Crippen LogP contribution in [-0.2, 0) is 9.53 Å². The molecule has 2 aromatic carbocycles. The fraction of sp³-hybridized carbons (Fsp3) is 0.320. The van der Waals surface area contributed by atoms with Gasteiger partial charge in [0.1, 0.15) is 6.61 Å². The van der Waals surface area contributed by atoms with E-state index in [0.717, 1.165) is 22.3 Å². The summed E-state index contributed by atoms with van der Waals surface area (Å²) in [6, 6.07) is 16.0. The van der Waals surface area contributed by atoms with Gasteiger partial charge >= 0.3 is 12.1 Å². The second-order valence-electron chi connectivity index (χ2n) is 8.87. The summed E-state index contributed by atoms with van der Waals surface area (Å²) in [6.45, 7) is 2.37. The summed E-state index contributed by atoms with van der Waals surface area (Å²) in [7, 11) is 0. The SMILES string of the molecule is CC1CCN(C(=O)c2nonc2NC(=O)OCC2c3ccccc3-c3ccccc32)CC1C(=O)O. The summed E-state index contributed by atoms with van der Waals surface area (Å²) in [5, 5.41) is 19.1. The summed E-state index contributed by atoms with van der Waals surface area (Å²) in [5.41, 5.74) is 4.18. The fourth-order valence-electron chi connectivity index (χ4n) is 4.87. The van der Waals surface area contributed by atoms with E-state index >= 15 is 0 Å². The molecule has 0 radical (unpaired) electrons. The Balaban J connectivity index is 1.25. The van der Waals surface area contributed by atoms with Gasteiger partial charge in [-0.2, -0.15) is 0 Å². The molecule has 2 unspecified atom stereocenters. The summed E-state index contributed by atoms with van der Waals surface area (Å²) in [5.74, 6) is -2.52. The molecule has 0 spiro atoms. The molecule has 10 nitrogen and oxygen atoms in total. The van der Waals surface area contributed by atoms with Crippen LogP contribution in [-0.4, -0.2) is 58.0 Å². The highest BCUT2D eigenvalue weighted by Gasteiger charge is 2.36. The normalized spacial score (nSPS) is 19.1. The van der Waals surface area contributed by atoms with E-state index in [1.807, 2.05) is 55.5 Å². The van der Waals surface area contributed by atoms with E-state index in [4.69, 9.17) is 9.37 Å². The van der Waals surface area contributed by atoms with Crippen molar-refractivity contribution < 1.29 is 28.9 Å². The number of carboxylic acids is 1. The number of hydrogen-bond donors (Lipinski definition) is 2. The van der Waals surface area contributed by atoms with Crippen molar-refractivity contribution in [1.82, 2.24) is 15.2 Å². The Hall–Kier alpha value is -4.21. The van der Waals surface area contributed by atoms with Gasteiger partial charge in [0.25, 0.3) is 5.91 Å². The molecule has 2 aliphatic rings. The van der Waals surface area contributed by atoms with E-state index in [1.165, 1.54) is 4.90 Å². The predicted molar refractivity (Wildman–Crippen MR) is 124 cm³/mol. The molecule has 1 saturated heterocycles. The van der Waals surface area contributed by atoms with E-state index < -0.39 is 23.9 Å². The number of anilines is 1. The number of nitrogens with zero attached hydrogens (tertiary/aromatic N) is 3. The van der Waals surface area contributed by atoms with Gasteiger partial charge in [0, 0.05) is 19.0 Å². The van der Waals surface area contributed by atoms with Crippen LogP contribution in [0.4, 0.5) is 10.6 Å². The maximum Gasteiger partial charge on any atom is 0.412 e.